The van der Waals surface area contributed by atoms with Gasteiger partial charge >= 0.3 is 6.18 Å². The summed E-state index contributed by atoms with van der Waals surface area (Å²) in [6.07, 6.45) is -4.79. The Labute approximate surface area is 103 Å². The minimum absolute atomic E-state index is 0.406. The fourth-order valence-corrected chi connectivity index (χ4v) is 1.52. The van der Waals surface area contributed by atoms with Crippen molar-refractivity contribution in [3.05, 3.63) is 29.8 Å². The number of alkyl halides is 3. The van der Waals surface area contributed by atoms with E-state index in [-0.39, 0.29) is 0 Å². The van der Waals surface area contributed by atoms with Gasteiger partial charge in [-0.3, -0.25) is 4.79 Å². The van der Waals surface area contributed by atoms with Crippen molar-refractivity contribution >= 4 is 11.6 Å². The largest absolute Gasteiger partial charge is 0.415 e. The number of para-hydroxylation sites is 1. The zero-order chi connectivity index (χ0) is 14.1. The quantitative estimate of drug-likeness (QED) is 0.886. The normalized spacial score (nSPS) is 15.1. The van der Waals surface area contributed by atoms with E-state index in [2.05, 4.69) is 0 Å². The highest BCUT2D eigenvalue weighted by molar-refractivity contribution is 6.00. The van der Waals surface area contributed by atoms with Crippen molar-refractivity contribution in [1.29, 1.82) is 0 Å². The summed E-state index contributed by atoms with van der Waals surface area (Å²) in [6, 6.07) is 6.66. The highest BCUT2D eigenvalue weighted by Gasteiger charge is 2.55. The van der Waals surface area contributed by atoms with Crippen LogP contribution in [0.15, 0.2) is 24.3 Å². The maximum atomic E-state index is 12.7. The lowest BCUT2D eigenvalue weighted by Gasteiger charge is -2.31. The molecule has 1 amide bonds. The first-order valence-corrected chi connectivity index (χ1v) is 5.28. The van der Waals surface area contributed by atoms with Gasteiger partial charge in [0.1, 0.15) is 0 Å². The van der Waals surface area contributed by atoms with E-state index in [4.69, 9.17) is 5.73 Å². The van der Waals surface area contributed by atoms with Crippen LogP contribution in [-0.4, -0.2) is 24.7 Å². The van der Waals surface area contributed by atoms with Crippen LogP contribution >= 0.6 is 0 Å². The molecule has 100 valence electrons. The lowest BCUT2D eigenvalue weighted by Crippen LogP contribution is -2.61. The number of likely N-dealkylation sites (N-methyl/N-ethyl adjacent to an activating group) is 1. The van der Waals surface area contributed by atoms with E-state index in [0.29, 0.717) is 18.2 Å². The first-order valence-electron chi connectivity index (χ1n) is 5.28. The highest BCUT2D eigenvalue weighted by Crippen LogP contribution is 2.31. The fourth-order valence-electron chi connectivity index (χ4n) is 1.52. The molecule has 6 heteroatoms. The van der Waals surface area contributed by atoms with E-state index in [9.17, 15) is 18.0 Å². The van der Waals surface area contributed by atoms with E-state index >= 15 is 0 Å². The molecular formula is C12H15F3N2O. The van der Waals surface area contributed by atoms with Crippen LogP contribution in [0, 0.1) is 6.92 Å². The van der Waals surface area contributed by atoms with Gasteiger partial charge in [-0.2, -0.15) is 13.2 Å². The molecule has 0 aliphatic heterocycles. The molecule has 0 aliphatic rings. The lowest BCUT2D eigenvalue weighted by atomic mass is 10.0. The Hall–Kier alpha value is -1.56. The van der Waals surface area contributed by atoms with E-state index in [0.717, 1.165) is 4.90 Å². The topological polar surface area (TPSA) is 46.3 Å². The first-order chi connectivity index (χ1) is 8.09. The molecule has 0 aromatic heterocycles. The minimum atomic E-state index is -4.79. The Morgan fingerprint density at radius 3 is 2.22 bits per heavy atom. The molecule has 1 unspecified atom stereocenters. The van der Waals surface area contributed by atoms with E-state index < -0.39 is 17.6 Å². The number of benzene rings is 1. The molecular weight excluding hydrogens is 245 g/mol. The number of nitrogens with two attached hydrogens (primary N) is 1. The van der Waals surface area contributed by atoms with Gasteiger partial charge in [0.2, 0.25) is 0 Å². The van der Waals surface area contributed by atoms with Gasteiger partial charge in [0.05, 0.1) is 0 Å². The molecule has 0 radical (unpaired) electrons. The van der Waals surface area contributed by atoms with Crippen molar-refractivity contribution in [2.24, 2.45) is 5.73 Å². The Morgan fingerprint density at radius 1 is 1.28 bits per heavy atom. The number of halogens is 3. The highest BCUT2D eigenvalue weighted by atomic mass is 19.4. The summed E-state index contributed by atoms with van der Waals surface area (Å²) in [5.41, 5.74) is 3.32. The second-order valence-corrected chi connectivity index (χ2v) is 4.35. The van der Waals surface area contributed by atoms with Crippen molar-refractivity contribution in [2.75, 3.05) is 11.9 Å². The molecule has 0 saturated heterocycles. The van der Waals surface area contributed by atoms with Crippen LogP contribution in [0.5, 0.6) is 0 Å². The third kappa shape index (κ3) is 2.48. The molecule has 1 rings (SSSR count). The van der Waals surface area contributed by atoms with Gasteiger partial charge in [-0.25, -0.2) is 0 Å². The monoisotopic (exact) mass is 260 g/mol. The smallest absolute Gasteiger partial charge is 0.313 e. The second-order valence-electron chi connectivity index (χ2n) is 4.35. The predicted octanol–water partition coefficient (Wildman–Crippen LogP) is 2.24. The molecule has 2 N–H and O–H groups in total. The molecule has 0 aliphatic carbocycles. The van der Waals surface area contributed by atoms with Crippen LogP contribution in [0.2, 0.25) is 0 Å². The summed E-state index contributed by atoms with van der Waals surface area (Å²) in [4.78, 5) is 12.8. The number of carbonyl (C=O) groups is 1. The standard InChI is InChI=1S/C12H15F3N2O/c1-8-6-4-5-7-9(8)17(3)10(18)11(2,16)12(13,14)15/h4-7H,16H2,1-3H3. The number of hydrogen-bond acceptors (Lipinski definition) is 2. The Bertz CT molecular complexity index is 455. The number of rotatable bonds is 2. The van der Waals surface area contributed by atoms with Gasteiger partial charge in [0.25, 0.3) is 5.91 Å². The van der Waals surface area contributed by atoms with Gasteiger partial charge in [-0.1, -0.05) is 18.2 Å². The van der Waals surface area contributed by atoms with Gasteiger partial charge in [-0.05, 0) is 25.5 Å². The Morgan fingerprint density at radius 2 is 1.78 bits per heavy atom. The summed E-state index contributed by atoms with van der Waals surface area (Å²) < 4.78 is 38.1. The number of amides is 1. The number of hydrogen-bond donors (Lipinski definition) is 1. The van der Waals surface area contributed by atoms with Crippen LogP contribution in [0.1, 0.15) is 12.5 Å². The summed E-state index contributed by atoms with van der Waals surface area (Å²) in [5, 5.41) is 0. The molecule has 1 aromatic rings. The molecule has 1 atom stereocenters. The zero-order valence-electron chi connectivity index (χ0n) is 10.4. The van der Waals surface area contributed by atoms with E-state index in [1.54, 1.807) is 31.2 Å². The van der Waals surface area contributed by atoms with Gasteiger partial charge in [0.15, 0.2) is 5.54 Å². The molecule has 1 aromatic carbocycles. The van der Waals surface area contributed by atoms with Crippen LogP contribution in [0.3, 0.4) is 0 Å². The molecule has 0 spiro atoms. The van der Waals surface area contributed by atoms with Crippen LogP contribution in [-0.2, 0) is 4.79 Å². The van der Waals surface area contributed by atoms with Crippen LogP contribution in [0.25, 0.3) is 0 Å². The summed E-state index contributed by atoms with van der Waals surface area (Å²) in [5.74, 6) is -1.19. The molecule has 3 nitrogen and oxygen atoms in total. The van der Waals surface area contributed by atoms with Crippen molar-refractivity contribution in [3.8, 4) is 0 Å². The first kappa shape index (κ1) is 14.5. The number of carbonyl (C=O) groups excluding carboxylic acids is 1. The number of nitrogens with zero attached hydrogens (tertiary/aromatic N) is 1. The van der Waals surface area contributed by atoms with Gasteiger partial charge in [0, 0.05) is 12.7 Å². The Kier molecular flexibility index (Phi) is 3.71. The maximum Gasteiger partial charge on any atom is 0.415 e. The summed E-state index contributed by atoms with van der Waals surface area (Å²) in [6.45, 7) is 2.38. The summed E-state index contributed by atoms with van der Waals surface area (Å²) >= 11 is 0. The third-order valence-electron chi connectivity index (χ3n) is 2.81. The van der Waals surface area contributed by atoms with Crippen molar-refractivity contribution < 1.29 is 18.0 Å². The molecule has 0 bridgehead atoms. The minimum Gasteiger partial charge on any atom is -0.313 e. The van der Waals surface area contributed by atoms with E-state index in [1.165, 1.54) is 7.05 Å². The van der Waals surface area contributed by atoms with E-state index in [1.807, 2.05) is 0 Å². The SMILES string of the molecule is Cc1ccccc1N(C)C(=O)C(C)(N)C(F)(F)F. The summed E-state index contributed by atoms with van der Waals surface area (Å²) in [7, 11) is 1.28. The molecule has 18 heavy (non-hydrogen) atoms. The van der Waals surface area contributed by atoms with Gasteiger partial charge < -0.3 is 10.6 Å². The average Bonchev–Trinajstić information content (AvgIpc) is 2.26. The number of anilines is 1. The second kappa shape index (κ2) is 4.61. The molecule has 0 saturated carbocycles. The predicted molar refractivity (Wildman–Crippen MR) is 63.2 cm³/mol. The fraction of sp³-hybridized carbons (Fsp3) is 0.417. The van der Waals surface area contributed by atoms with Crippen molar-refractivity contribution in [1.82, 2.24) is 0 Å². The zero-order valence-corrected chi connectivity index (χ0v) is 10.4. The maximum absolute atomic E-state index is 12.7. The average molecular weight is 260 g/mol. The molecule has 0 fully saturated rings. The van der Waals surface area contributed by atoms with Crippen molar-refractivity contribution in [2.45, 2.75) is 25.6 Å². The lowest BCUT2D eigenvalue weighted by molar-refractivity contribution is -0.185. The number of aryl methyl sites for hydroxylation is 1. The Balaban J connectivity index is 3.10. The van der Waals surface area contributed by atoms with Crippen LogP contribution in [0.4, 0.5) is 18.9 Å². The van der Waals surface area contributed by atoms with Crippen LogP contribution < -0.4 is 10.6 Å². The third-order valence-corrected chi connectivity index (χ3v) is 2.81. The molecule has 0 heterocycles. The van der Waals surface area contributed by atoms with Gasteiger partial charge in [-0.15, -0.1) is 0 Å². The van der Waals surface area contributed by atoms with Crippen molar-refractivity contribution in [3.63, 3.8) is 0 Å².